The molecule has 0 saturated carbocycles. The number of nitrogens with zero attached hydrogens (tertiary/aromatic N) is 2. The second-order valence-electron chi connectivity index (χ2n) is 6.13. The largest absolute Gasteiger partial charge is 0.337 e. The number of carbonyl (C=O) groups is 1. The van der Waals surface area contributed by atoms with Crippen LogP contribution in [0.15, 0.2) is 47.4 Å². The highest BCUT2D eigenvalue weighted by molar-refractivity contribution is 7.89. The number of sulfonamides is 1. The minimum atomic E-state index is -3.78. The highest BCUT2D eigenvalue weighted by atomic mass is 35.5. The molecule has 0 unspecified atom stereocenters. The average molecular weight is 415 g/mol. The number of hydrogen-bond acceptors (Lipinski definition) is 3. The summed E-state index contributed by atoms with van der Waals surface area (Å²) in [5.41, 5.74) is 0.174. The Hall–Kier alpha value is -2.03. The van der Waals surface area contributed by atoms with Crippen molar-refractivity contribution in [2.24, 2.45) is 0 Å². The SMILES string of the molecule is O=C(c1ccc(F)cc1Cl)N1CCCN(S(=O)(=O)c2ccc(F)cc2)CC1. The molecule has 0 radical (unpaired) electrons. The fraction of sp³-hybridized carbons (Fsp3) is 0.278. The molecule has 0 aromatic heterocycles. The normalized spacial score (nSPS) is 16.2. The Kier molecular flexibility index (Phi) is 5.78. The van der Waals surface area contributed by atoms with Crippen molar-refractivity contribution in [3.05, 3.63) is 64.7 Å². The number of benzene rings is 2. The van der Waals surface area contributed by atoms with Gasteiger partial charge in [0, 0.05) is 26.2 Å². The highest BCUT2D eigenvalue weighted by Crippen LogP contribution is 2.22. The summed E-state index contributed by atoms with van der Waals surface area (Å²) in [5, 5.41) is 0.0139. The maximum absolute atomic E-state index is 13.2. The van der Waals surface area contributed by atoms with Gasteiger partial charge in [0.2, 0.25) is 10.0 Å². The number of rotatable bonds is 3. The van der Waals surface area contributed by atoms with Crippen molar-refractivity contribution in [2.75, 3.05) is 26.2 Å². The molecule has 9 heteroatoms. The van der Waals surface area contributed by atoms with Crippen LogP contribution in [0.2, 0.25) is 5.02 Å². The van der Waals surface area contributed by atoms with Gasteiger partial charge in [-0.05, 0) is 48.9 Å². The Morgan fingerprint density at radius 2 is 1.59 bits per heavy atom. The zero-order valence-electron chi connectivity index (χ0n) is 14.2. The summed E-state index contributed by atoms with van der Waals surface area (Å²) in [6.07, 6.45) is 0.435. The third kappa shape index (κ3) is 4.28. The molecule has 1 saturated heterocycles. The van der Waals surface area contributed by atoms with E-state index in [1.807, 2.05) is 0 Å². The summed E-state index contributed by atoms with van der Waals surface area (Å²) in [6.45, 7) is 0.861. The zero-order chi connectivity index (χ0) is 19.6. The third-order valence-corrected chi connectivity index (χ3v) is 6.58. The second kappa shape index (κ2) is 7.92. The smallest absolute Gasteiger partial charge is 0.255 e. The van der Waals surface area contributed by atoms with E-state index in [0.717, 1.165) is 24.3 Å². The van der Waals surface area contributed by atoms with E-state index in [1.54, 1.807) is 0 Å². The molecule has 1 aliphatic rings. The molecule has 2 aromatic rings. The van der Waals surface area contributed by atoms with Crippen LogP contribution in [-0.4, -0.2) is 49.7 Å². The first-order chi connectivity index (χ1) is 12.8. The van der Waals surface area contributed by atoms with E-state index >= 15 is 0 Å². The standard InChI is InChI=1S/C18H17ClF2N2O3S/c19-17-12-14(21)4-7-16(17)18(24)22-8-1-9-23(11-10-22)27(25,26)15-5-2-13(20)3-6-15/h2-7,12H,1,8-11H2. The Bertz CT molecular complexity index is 952. The molecule has 0 atom stereocenters. The number of hydrogen-bond donors (Lipinski definition) is 0. The van der Waals surface area contributed by atoms with E-state index in [1.165, 1.54) is 27.4 Å². The molecule has 0 N–H and O–H groups in total. The number of amides is 1. The molecular weight excluding hydrogens is 398 g/mol. The number of halogens is 3. The molecule has 1 fully saturated rings. The molecule has 0 bridgehead atoms. The van der Waals surface area contributed by atoms with Crippen LogP contribution in [0.5, 0.6) is 0 Å². The van der Waals surface area contributed by atoms with Crippen LogP contribution in [0.4, 0.5) is 8.78 Å². The molecule has 144 valence electrons. The minimum absolute atomic E-state index is 0.00487. The van der Waals surface area contributed by atoms with Crippen LogP contribution in [0.3, 0.4) is 0 Å². The summed E-state index contributed by atoms with van der Waals surface area (Å²) in [6, 6.07) is 8.17. The predicted molar refractivity (Wildman–Crippen MR) is 97.1 cm³/mol. The lowest BCUT2D eigenvalue weighted by atomic mass is 10.2. The van der Waals surface area contributed by atoms with E-state index in [9.17, 15) is 22.0 Å². The minimum Gasteiger partial charge on any atom is -0.337 e. The monoisotopic (exact) mass is 414 g/mol. The van der Waals surface area contributed by atoms with Crippen LogP contribution >= 0.6 is 11.6 Å². The van der Waals surface area contributed by atoms with E-state index in [4.69, 9.17) is 11.6 Å². The molecule has 0 spiro atoms. The van der Waals surface area contributed by atoms with Gasteiger partial charge in [0.05, 0.1) is 15.5 Å². The lowest BCUT2D eigenvalue weighted by Gasteiger charge is -2.22. The molecule has 5 nitrogen and oxygen atoms in total. The van der Waals surface area contributed by atoms with Gasteiger partial charge < -0.3 is 4.90 Å². The first kappa shape index (κ1) is 19.7. The van der Waals surface area contributed by atoms with Gasteiger partial charge in [-0.15, -0.1) is 0 Å². The molecule has 0 aliphatic carbocycles. The average Bonchev–Trinajstić information content (AvgIpc) is 2.88. The first-order valence-corrected chi connectivity index (χ1v) is 10.1. The van der Waals surface area contributed by atoms with Crippen molar-refractivity contribution >= 4 is 27.5 Å². The Morgan fingerprint density at radius 3 is 2.26 bits per heavy atom. The highest BCUT2D eigenvalue weighted by Gasteiger charge is 2.29. The van der Waals surface area contributed by atoms with Gasteiger partial charge in [0.1, 0.15) is 11.6 Å². The van der Waals surface area contributed by atoms with Crippen LogP contribution in [0.25, 0.3) is 0 Å². The topological polar surface area (TPSA) is 57.7 Å². The van der Waals surface area contributed by atoms with Gasteiger partial charge >= 0.3 is 0 Å². The van der Waals surface area contributed by atoms with Crippen molar-refractivity contribution < 1.29 is 22.0 Å². The Labute approximate surface area is 161 Å². The van der Waals surface area contributed by atoms with E-state index < -0.39 is 21.7 Å². The van der Waals surface area contributed by atoms with Crippen LogP contribution in [0, 0.1) is 11.6 Å². The van der Waals surface area contributed by atoms with E-state index in [2.05, 4.69) is 0 Å². The van der Waals surface area contributed by atoms with Gasteiger partial charge in [-0.3, -0.25) is 4.79 Å². The van der Waals surface area contributed by atoms with Gasteiger partial charge in [0.25, 0.3) is 5.91 Å². The van der Waals surface area contributed by atoms with E-state index in [-0.39, 0.29) is 41.0 Å². The predicted octanol–water partition coefficient (Wildman–Crippen LogP) is 3.16. The summed E-state index contributed by atoms with van der Waals surface area (Å²) in [5.74, 6) is -1.43. The van der Waals surface area contributed by atoms with Crippen molar-refractivity contribution in [1.82, 2.24) is 9.21 Å². The van der Waals surface area contributed by atoms with E-state index in [0.29, 0.717) is 13.0 Å². The molecular formula is C18H17ClF2N2O3S. The van der Waals surface area contributed by atoms with Gasteiger partial charge in [-0.1, -0.05) is 11.6 Å². The van der Waals surface area contributed by atoms with Crippen molar-refractivity contribution in [3.63, 3.8) is 0 Å². The fourth-order valence-electron chi connectivity index (χ4n) is 2.93. The van der Waals surface area contributed by atoms with Crippen LogP contribution in [0.1, 0.15) is 16.8 Å². The van der Waals surface area contributed by atoms with Crippen molar-refractivity contribution in [3.8, 4) is 0 Å². The number of carbonyl (C=O) groups excluding carboxylic acids is 1. The van der Waals surface area contributed by atoms with Crippen molar-refractivity contribution in [2.45, 2.75) is 11.3 Å². The summed E-state index contributed by atoms with van der Waals surface area (Å²) < 4.78 is 53.0. The summed E-state index contributed by atoms with van der Waals surface area (Å²) >= 11 is 5.95. The zero-order valence-corrected chi connectivity index (χ0v) is 15.8. The molecule has 27 heavy (non-hydrogen) atoms. The Balaban J connectivity index is 1.75. The van der Waals surface area contributed by atoms with Crippen molar-refractivity contribution in [1.29, 1.82) is 0 Å². The van der Waals surface area contributed by atoms with Gasteiger partial charge in [-0.25, -0.2) is 17.2 Å². The Morgan fingerprint density at radius 1 is 0.926 bits per heavy atom. The third-order valence-electron chi connectivity index (χ3n) is 4.36. The summed E-state index contributed by atoms with van der Waals surface area (Å²) in [4.78, 5) is 14.2. The maximum Gasteiger partial charge on any atom is 0.255 e. The molecule has 1 amide bonds. The first-order valence-electron chi connectivity index (χ1n) is 8.29. The van der Waals surface area contributed by atoms with Crippen LogP contribution < -0.4 is 0 Å². The van der Waals surface area contributed by atoms with Gasteiger partial charge in [0.15, 0.2) is 0 Å². The molecule has 3 rings (SSSR count). The van der Waals surface area contributed by atoms with Crippen LogP contribution in [-0.2, 0) is 10.0 Å². The lowest BCUT2D eigenvalue weighted by molar-refractivity contribution is 0.0764. The molecule has 2 aromatic carbocycles. The quantitative estimate of drug-likeness (QED) is 0.775. The molecule has 1 aliphatic heterocycles. The molecule has 1 heterocycles. The van der Waals surface area contributed by atoms with Gasteiger partial charge in [-0.2, -0.15) is 4.31 Å². The second-order valence-corrected chi connectivity index (χ2v) is 8.47. The summed E-state index contributed by atoms with van der Waals surface area (Å²) in [7, 11) is -3.78. The maximum atomic E-state index is 13.2. The lowest BCUT2D eigenvalue weighted by Crippen LogP contribution is -2.37. The fourth-order valence-corrected chi connectivity index (χ4v) is 4.64.